The Labute approximate surface area is 111 Å². The van der Waals surface area contributed by atoms with Crippen LogP contribution >= 0.6 is 11.6 Å². The van der Waals surface area contributed by atoms with Crippen molar-refractivity contribution < 1.29 is 4.74 Å². The van der Waals surface area contributed by atoms with Gasteiger partial charge in [0.1, 0.15) is 5.76 Å². The number of nitrogen functional groups attached to an aromatic ring is 1. The second kappa shape index (κ2) is 5.15. The first-order valence-electron chi connectivity index (χ1n) is 5.59. The fourth-order valence-corrected chi connectivity index (χ4v) is 1.75. The highest BCUT2D eigenvalue weighted by atomic mass is 35.5. The third-order valence-electron chi connectivity index (χ3n) is 2.66. The van der Waals surface area contributed by atoms with Crippen LogP contribution in [0.1, 0.15) is 6.92 Å². The SMILES string of the molecule is C=C(Oc1c(N)ccc2ccccc12)/C(Cl)=C\C. The molecule has 0 saturated carbocycles. The van der Waals surface area contributed by atoms with Gasteiger partial charge in [0.2, 0.25) is 0 Å². The van der Waals surface area contributed by atoms with Crippen molar-refractivity contribution >= 4 is 28.1 Å². The maximum absolute atomic E-state index is 5.96. The molecule has 0 spiro atoms. The monoisotopic (exact) mass is 259 g/mol. The van der Waals surface area contributed by atoms with Crippen molar-refractivity contribution in [2.75, 3.05) is 5.73 Å². The zero-order valence-corrected chi connectivity index (χ0v) is 10.9. The third kappa shape index (κ3) is 2.34. The van der Waals surface area contributed by atoms with E-state index < -0.39 is 0 Å². The zero-order valence-electron chi connectivity index (χ0n) is 10.1. The van der Waals surface area contributed by atoms with Crippen LogP contribution in [0.2, 0.25) is 0 Å². The molecule has 0 aliphatic rings. The quantitative estimate of drug-likeness (QED) is 0.502. The molecule has 0 unspecified atom stereocenters. The predicted octanol–water partition coefficient (Wildman–Crippen LogP) is 4.46. The fraction of sp³-hybridized carbons (Fsp3) is 0.0667. The highest BCUT2D eigenvalue weighted by Crippen LogP contribution is 2.34. The molecule has 0 fully saturated rings. The molecule has 0 heterocycles. The number of nitrogens with two attached hydrogens (primary N) is 1. The lowest BCUT2D eigenvalue weighted by Gasteiger charge is -2.13. The summed E-state index contributed by atoms with van der Waals surface area (Å²) in [7, 11) is 0. The Hall–Kier alpha value is -1.93. The minimum atomic E-state index is 0.391. The van der Waals surface area contributed by atoms with E-state index in [2.05, 4.69) is 6.58 Å². The third-order valence-corrected chi connectivity index (χ3v) is 3.08. The summed E-state index contributed by atoms with van der Waals surface area (Å²) >= 11 is 5.96. The Kier molecular flexibility index (Phi) is 3.58. The van der Waals surface area contributed by atoms with E-state index in [0.717, 1.165) is 10.8 Å². The number of allylic oxidation sites excluding steroid dienone is 2. The van der Waals surface area contributed by atoms with Crippen LogP contribution in [0.4, 0.5) is 5.69 Å². The smallest absolute Gasteiger partial charge is 0.158 e. The fourth-order valence-electron chi connectivity index (χ4n) is 1.71. The van der Waals surface area contributed by atoms with Gasteiger partial charge in [0.05, 0.1) is 10.7 Å². The van der Waals surface area contributed by atoms with Crippen LogP contribution in [-0.2, 0) is 0 Å². The number of hydrogen-bond acceptors (Lipinski definition) is 2. The minimum Gasteiger partial charge on any atom is -0.454 e. The first kappa shape index (κ1) is 12.5. The van der Waals surface area contributed by atoms with E-state index in [0.29, 0.717) is 22.2 Å². The summed E-state index contributed by atoms with van der Waals surface area (Å²) in [6.07, 6.45) is 1.73. The van der Waals surface area contributed by atoms with E-state index >= 15 is 0 Å². The van der Waals surface area contributed by atoms with Gasteiger partial charge in [0.25, 0.3) is 0 Å². The molecule has 0 aromatic heterocycles. The number of rotatable bonds is 3. The molecule has 92 valence electrons. The number of hydrogen-bond donors (Lipinski definition) is 1. The first-order chi connectivity index (χ1) is 8.63. The van der Waals surface area contributed by atoms with Crippen LogP contribution in [0.25, 0.3) is 10.8 Å². The molecular formula is C15H14ClNO. The Bertz CT molecular complexity index is 631. The van der Waals surface area contributed by atoms with Crippen molar-refractivity contribution in [1.29, 1.82) is 0 Å². The van der Waals surface area contributed by atoms with Gasteiger partial charge in [-0.05, 0) is 18.4 Å². The summed E-state index contributed by atoms with van der Waals surface area (Å²) in [6.45, 7) is 5.61. The molecule has 2 aromatic carbocycles. The Morgan fingerprint density at radius 2 is 2.00 bits per heavy atom. The van der Waals surface area contributed by atoms with Gasteiger partial charge in [0.15, 0.2) is 5.75 Å². The average Bonchev–Trinajstić information content (AvgIpc) is 2.41. The topological polar surface area (TPSA) is 35.2 Å². The van der Waals surface area contributed by atoms with Crippen molar-refractivity contribution in [2.24, 2.45) is 0 Å². The van der Waals surface area contributed by atoms with Crippen molar-refractivity contribution in [3.05, 3.63) is 59.8 Å². The molecule has 0 saturated heterocycles. The Morgan fingerprint density at radius 1 is 1.28 bits per heavy atom. The highest BCUT2D eigenvalue weighted by Gasteiger charge is 2.09. The number of fused-ring (bicyclic) bond motifs is 1. The lowest BCUT2D eigenvalue weighted by Crippen LogP contribution is -1.98. The average molecular weight is 260 g/mol. The summed E-state index contributed by atoms with van der Waals surface area (Å²) in [5.74, 6) is 0.986. The maximum atomic E-state index is 5.96. The molecule has 2 N–H and O–H groups in total. The van der Waals surface area contributed by atoms with Gasteiger partial charge in [0, 0.05) is 5.39 Å². The van der Waals surface area contributed by atoms with Crippen molar-refractivity contribution in [1.82, 2.24) is 0 Å². The van der Waals surface area contributed by atoms with Crippen molar-refractivity contribution in [3.63, 3.8) is 0 Å². The van der Waals surface area contributed by atoms with E-state index in [-0.39, 0.29) is 0 Å². The standard InChI is InChI=1S/C15H14ClNO/c1-3-13(16)10(2)18-15-12-7-5-4-6-11(12)8-9-14(15)17/h3-9H,2,17H2,1H3/b13-3+. The molecule has 2 aromatic rings. The molecule has 0 radical (unpaired) electrons. The molecule has 0 aliphatic carbocycles. The largest absolute Gasteiger partial charge is 0.454 e. The van der Waals surface area contributed by atoms with Gasteiger partial charge in [-0.2, -0.15) is 0 Å². The van der Waals surface area contributed by atoms with Crippen molar-refractivity contribution in [3.8, 4) is 5.75 Å². The first-order valence-corrected chi connectivity index (χ1v) is 5.97. The van der Waals surface area contributed by atoms with Crippen LogP contribution in [0.3, 0.4) is 0 Å². The van der Waals surface area contributed by atoms with Gasteiger partial charge >= 0.3 is 0 Å². The molecular weight excluding hydrogens is 246 g/mol. The van der Waals surface area contributed by atoms with E-state index in [9.17, 15) is 0 Å². The molecule has 3 heteroatoms. The molecule has 0 atom stereocenters. The molecule has 2 nitrogen and oxygen atoms in total. The number of benzene rings is 2. The second-order valence-electron chi connectivity index (χ2n) is 3.87. The lowest BCUT2D eigenvalue weighted by molar-refractivity contribution is 0.451. The van der Waals surface area contributed by atoms with Crippen LogP contribution in [0.5, 0.6) is 5.75 Å². The molecule has 18 heavy (non-hydrogen) atoms. The van der Waals surface area contributed by atoms with Crippen LogP contribution < -0.4 is 10.5 Å². The normalized spacial score (nSPS) is 11.6. The van der Waals surface area contributed by atoms with Crippen LogP contribution in [0.15, 0.2) is 59.8 Å². The summed E-state index contributed by atoms with van der Waals surface area (Å²) in [6, 6.07) is 11.6. The van der Waals surface area contributed by atoms with Crippen molar-refractivity contribution in [2.45, 2.75) is 6.92 Å². The van der Waals surface area contributed by atoms with Crippen LogP contribution in [-0.4, -0.2) is 0 Å². The second-order valence-corrected chi connectivity index (χ2v) is 4.27. The van der Waals surface area contributed by atoms with E-state index in [1.54, 1.807) is 6.08 Å². The van der Waals surface area contributed by atoms with Gasteiger partial charge < -0.3 is 10.5 Å². The van der Waals surface area contributed by atoms with Gasteiger partial charge in [-0.3, -0.25) is 0 Å². The van der Waals surface area contributed by atoms with Gasteiger partial charge in [-0.1, -0.05) is 54.6 Å². The summed E-state index contributed by atoms with van der Waals surface area (Å²) < 4.78 is 5.69. The van der Waals surface area contributed by atoms with E-state index in [1.165, 1.54) is 0 Å². The summed E-state index contributed by atoms with van der Waals surface area (Å²) in [4.78, 5) is 0. The number of anilines is 1. The van der Waals surface area contributed by atoms with Gasteiger partial charge in [-0.25, -0.2) is 0 Å². The molecule has 0 aliphatic heterocycles. The van der Waals surface area contributed by atoms with E-state index in [1.807, 2.05) is 43.3 Å². The summed E-state index contributed by atoms with van der Waals surface area (Å²) in [5, 5.41) is 2.48. The lowest BCUT2D eigenvalue weighted by atomic mass is 10.1. The summed E-state index contributed by atoms with van der Waals surface area (Å²) in [5.41, 5.74) is 6.51. The predicted molar refractivity (Wildman–Crippen MR) is 77.7 cm³/mol. The highest BCUT2D eigenvalue weighted by molar-refractivity contribution is 6.31. The zero-order chi connectivity index (χ0) is 13.1. The molecule has 0 amide bonds. The Morgan fingerprint density at radius 3 is 2.72 bits per heavy atom. The molecule has 0 bridgehead atoms. The maximum Gasteiger partial charge on any atom is 0.158 e. The number of ether oxygens (including phenoxy) is 1. The molecule has 2 rings (SSSR count). The van der Waals surface area contributed by atoms with Crippen LogP contribution in [0, 0.1) is 0 Å². The minimum absolute atomic E-state index is 0.391. The Balaban J connectivity index is 2.50. The van der Waals surface area contributed by atoms with Gasteiger partial charge in [-0.15, -0.1) is 0 Å². The number of halogens is 1. The van der Waals surface area contributed by atoms with E-state index in [4.69, 9.17) is 22.1 Å².